The summed E-state index contributed by atoms with van der Waals surface area (Å²) in [6.07, 6.45) is 0. The second-order valence-electron chi connectivity index (χ2n) is 15.9. The van der Waals surface area contributed by atoms with Crippen LogP contribution < -0.4 is 0 Å². The standard InChI is InChI=1S/C56H39N/c1-56(2)50-27-14-13-23-44(50)45-30-29-40(33-51(45)56)54-46-24-11-12-25-47(46)55(48-31-28-39(32-49(48)54)43-26-15-21-36-16-9-10-22-42(36)43)41-34-52(37-17-5-3-6-18-37)57-53(35-41)38-19-7-4-8-20-38/h3-35H,1-2H3. The largest absolute Gasteiger partial charge is 0.248 e. The number of hydrogen-bond donors (Lipinski definition) is 0. The summed E-state index contributed by atoms with van der Waals surface area (Å²) in [5.41, 5.74) is 16.8. The summed E-state index contributed by atoms with van der Waals surface area (Å²) in [7, 11) is 0. The highest BCUT2D eigenvalue weighted by Crippen LogP contribution is 2.52. The Morgan fingerprint density at radius 1 is 0.316 bits per heavy atom. The van der Waals surface area contributed by atoms with Crippen molar-refractivity contribution in [1.29, 1.82) is 0 Å². The summed E-state index contributed by atoms with van der Waals surface area (Å²) in [5.74, 6) is 0. The Kier molecular flexibility index (Phi) is 7.59. The molecule has 1 heteroatoms. The molecule has 1 aliphatic rings. The molecule has 11 rings (SSSR count). The summed E-state index contributed by atoms with van der Waals surface area (Å²) in [6.45, 7) is 4.74. The Morgan fingerprint density at radius 2 is 0.842 bits per heavy atom. The van der Waals surface area contributed by atoms with Gasteiger partial charge >= 0.3 is 0 Å². The Morgan fingerprint density at radius 3 is 1.56 bits per heavy atom. The van der Waals surface area contributed by atoms with Gasteiger partial charge in [-0.3, -0.25) is 0 Å². The van der Waals surface area contributed by atoms with Gasteiger partial charge in [0, 0.05) is 16.5 Å². The third kappa shape index (κ3) is 5.34. The van der Waals surface area contributed by atoms with E-state index < -0.39 is 0 Å². The van der Waals surface area contributed by atoms with Crippen LogP contribution in [0.25, 0.3) is 99.3 Å². The predicted octanol–water partition coefficient (Wildman–Crippen LogP) is 15.2. The number of aromatic nitrogens is 1. The first-order chi connectivity index (χ1) is 28.0. The maximum atomic E-state index is 5.27. The number of nitrogens with zero attached hydrogens (tertiary/aromatic N) is 1. The third-order valence-electron chi connectivity index (χ3n) is 12.2. The van der Waals surface area contributed by atoms with Crippen molar-refractivity contribution in [2.45, 2.75) is 19.3 Å². The van der Waals surface area contributed by atoms with E-state index in [9.17, 15) is 0 Å². The highest BCUT2D eigenvalue weighted by molar-refractivity contribution is 6.22. The van der Waals surface area contributed by atoms with Crippen molar-refractivity contribution in [3.8, 4) is 67.0 Å². The van der Waals surface area contributed by atoms with Crippen molar-refractivity contribution in [1.82, 2.24) is 4.98 Å². The fraction of sp³-hybridized carbons (Fsp3) is 0.0536. The van der Waals surface area contributed by atoms with Gasteiger partial charge in [0.2, 0.25) is 0 Å². The van der Waals surface area contributed by atoms with Crippen LogP contribution in [0.2, 0.25) is 0 Å². The molecule has 268 valence electrons. The molecule has 0 N–H and O–H groups in total. The van der Waals surface area contributed by atoms with E-state index in [4.69, 9.17) is 4.98 Å². The highest BCUT2D eigenvalue weighted by atomic mass is 14.7. The molecule has 9 aromatic carbocycles. The molecule has 0 saturated heterocycles. The molecule has 0 bridgehead atoms. The molecule has 10 aromatic rings. The maximum Gasteiger partial charge on any atom is 0.0715 e. The van der Waals surface area contributed by atoms with Crippen LogP contribution in [-0.2, 0) is 5.41 Å². The second-order valence-corrected chi connectivity index (χ2v) is 15.9. The van der Waals surface area contributed by atoms with Crippen molar-refractivity contribution < 1.29 is 0 Å². The molecule has 1 nitrogen and oxygen atoms in total. The fourth-order valence-electron chi connectivity index (χ4n) is 9.49. The lowest BCUT2D eigenvalue weighted by Gasteiger charge is -2.23. The zero-order valence-electron chi connectivity index (χ0n) is 32.0. The molecular weight excluding hydrogens is 687 g/mol. The number of hydrogen-bond acceptors (Lipinski definition) is 1. The Bertz CT molecular complexity index is 3130. The van der Waals surface area contributed by atoms with Crippen LogP contribution >= 0.6 is 0 Å². The number of pyridine rings is 1. The summed E-state index contributed by atoms with van der Waals surface area (Å²) in [4.78, 5) is 5.27. The molecule has 0 saturated carbocycles. The van der Waals surface area contributed by atoms with Gasteiger partial charge in [-0.25, -0.2) is 4.98 Å². The van der Waals surface area contributed by atoms with Gasteiger partial charge in [0.1, 0.15) is 0 Å². The Labute approximate surface area is 333 Å². The van der Waals surface area contributed by atoms with Crippen LogP contribution in [0.3, 0.4) is 0 Å². The van der Waals surface area contributed by atoms with E-state index in [1.54, 1.807) is 0 Å². The number of rotatable bonds is 5. The molecule has 1 aliphatic carbocycles. The van der Waals surface area contributed by atoms with E-state index in [0.29, 0.717) is 0 Å². The normalized spacial score (nSPS) is 12.9. The van der Waals surface area contributed by atoms with Crippen molar-refractivity contribution in [2.75, 3.05) is 0 Å². The van der Waals surface area contributed by atoms with Crippen LogP contribution in [0.1, 0.15) is 25.0 Å². The van der Waals surface area contributed by atoms with Crippen LogP contribution in [-0.4, -0.2) is 4.98 Å². The lowest BCUT2D eigenvalue weighted by Crippen LogP contribution is -2.14. The van der Waals surface area contributed by atoms with E-state index >= 15 is 0 Å². The van der Waals surface area contributed by atoms with Gasteiger partial charge in [0.05, 0.1) is 11.4 Å². The van der Waals surface area contributed by atoms with E-state index in [1.807, 2.05) is 0 Å². The first kappa shape index (κ1) is 33.3. The average Bonchev–Trinajstić information content (AvgIpc) is 3.50. The van der Waals surface area contributed by atoms with E-state index in [0.717, 1.165) is 28.1 Å². The molecule has 1 aromatic heterocycles. The molecule has 0 spiro atoms. The smallest absolute Gasteiger partial charge is 0.0715 e. The third-order valence-corrected chi connectivity index (χ3v) is 12.2. The lowest BCUT2D eigenvalue weighted by atomic mass is 9.80. The van der Waals surface area contributed by atoms with Crippen LogP contribution in [0, 0.1) is 0 Å². The topological polar surface area (TPSA) is 12.9 Å². The number of fused-ring (bicyclic) bond motifs is 6. The SMILES string of the molecule is CC1(C)c2ccccc2-c2ccc(-c3c4ccccc4c(-c4cc(-c5ccccc5)nc(-c5ccccc5)c4)c4ccc(-c5cccc6ccccc56)cc34)cc21. The average molecular weight is 726 g/mol. The molecule has 0 amide bonds. The van der Waals surface area contributed by atoms with Gasteiger partial charge in [0.15, 0.2) is 0 Å². The highest BCUT2D eigenvalue weighted by Gasteiger charge is 2.35. The maximum absolute atomic E-state index is 5.27. The van der Waals surface area contributed by atoms with Crippen molar-refractivity contribution in [2.24, 2.45) is 0 Å². The van der Waals surface area contributed by atoms with Gasteiger partial charge in [-0.05, 0) is 112 Å². The monoisotopic (exact) mass is 725 g/mol. The summed E-state index contributed by atoms with van der Waals surface area (Å²) < 4.78 is 0. The zero-order valence-corrected chi connectivity index (χ0v) is 32.0. The molecule has 0 aliphatic heterocycles. The van der Waals surface area contributed by atoms with Gasteiger partial charge in [-0.15, -0.1) is 0 Å². The van der Waals surface area contributed by atoms with Crippen LogP contribution in [0.4, 0.5) is 0 Å². The first-order valence-electron chi connectivity index (χ1n) is 19.9. The minimum atomic E-state index is -0.111. The molecule has 0 fully saturated rings. The first-order valence-corrected chi connectivity index (χ1v) is 19.9. The van der Waals surface area contributed by atoms with Gasteiger partial charge in [-0.1, -0.05) is 190 Å². The Balaban J connectivity index is 1.24. The van der Waals surface area contributed by atoms with Crippen molar-refractivity contribution in [3.05, 3.63) is 211 Å². The van der Waals surface area contributed by atoms with Crippen molar-refractivity contribution >= 4 is 32.3 Å². The molecule has 0 radical (unpaired) electrons. The minimum absolute atomic E-state index is 0.111. The van der Waals surface area contributed by atoms with Crippen molar-refractivity contribution in [3.63, 3.8) is 0 Å². The predicted molar refractivity (Wildman–Crippen MR) is 241 cm³/mol. The molecule has 0 unspecified atom stereocenters. The van der Waals surface area contributed by atoms with Gasteiger partial charge in [0.25, 0.3) is 0 Å². The molecule has 57 heavy (non-hydrogen) atoms. The van der Waals surface area contributed by atoms with E-state index in [1.165, 1.54) is 82.4 Å². The van der Waals surface area contributed by atoms with Gasteiger partial charge < -0.3 is 0 Å². The minimum Gasteiger partial charge on any atom is -0.248 e. The number of benzene rings is 9. The van der Waals surface area contributed by atoms with E-state index in [2.05, 4.69) is 214 Å². The fourth-order valence-corrected chi connectivity index (χ4v) is 9.49. The zero-order chi connectivity index (χ0) is 38.1. The van der Waals surface area contributed by atoms with Gasteiger partial charge in [-0.2, -0.15) is 0 Å². The second kappa shape index (κ2) is 13.0. The summed E-state index contributed by atoms with van der Waals surface area (Å²) in [5, 5.41) is 7.43. The lowest BCUT2D eigenvalue weighted by molar-refractivity contribution is 0.660. The van der Waals surface area contributed by atoms with Crippen LogP contribution in [0.5, 0.6) is 0 Å². The molecular formula is C56H39N. The van der Waals surface area contributed by atoms with Crippen LogP contribution in [0.15, 0.2) is 200 Å². The summed E-state index contributed by atoms with van der Waals surface area (Å²) in [6, 6.07) is 73.4. The molecule has 1 heterocycles. The Hall–Kier alpha value is -7.09. The quantitative estimate of drug-likeness (QED) is 0.161. The van der Waals surface area contributed by atoms with E-state index in [-0.39, 0.29) is 5.41 Å². The molecule has 0 atom stereocenters. The summed E-state index contributed by atoms with van der Waals surface area (Å²) >= 11 is 0.